The lowest BCUT2D eigenvalue weighted by Crippen LogP contribution is -2.44. The molecule has 2 aromatic rings. The van der Waals surface area contributed by atoms with Gasteiger partial charge < -0.3 is 10.1 Å². The highest BCUT2D eigenvalue weighted by atomic mass is 35.5. The van der Waals surface area contributed by atoms with Crippen LogP contribution in [0.2, 0.25) is 5.02 Å². The zero-order valence-electron chi connectivity index (χ0n) is 14.7. The number of hydrogen-bond acceptors (Lipinski definition) is 5. The van der Waals surface area contributed by atoms with Crippen molar-refractivity contribution in [1.82, 2.24) is 16.2 Å². The fourth-order valence-electron chi connectivity index (χ4n) is 2.10. The summed E-state index contributed by atoms with van der Waals surface area (Å²) in [5, 5.41) is 11.8. The van der Waals surface area contributed by atoms with Crippen molar-refractivity contribution in [2.75, 3.05) is 13.2 Å². The topological polar surface area (TPSA) is 120 Å². The van der Waals surface area contributed by atoms with Crippen molar-refractivity contribution in [3.63, 3.8) is 0 Å². The van der Waals surface area contributed by atoms with Gasteiger partial charge in [0.1, 0.15) is 11.8 Å². The molecule has 0 fully saturated rings. The number of halogens is 1. The largest absolute Gasteiger partial charge is 0.482 e. The van der Waals surface area contributed by atoms with Gasteiger partial charge in [0.05, 0.1) is 16.1 Å². The lowest BCUT2D eigenvalue weighted by molar-refractivity contribution is -0.129. The Balaban J connectivity index is 1.67. The first-order valence-corrected chi connectivity index (χ1v) is 8.61. The number of nitriles is 1. The van der Waals surface area contributed by atoms with Crippen LogP contribution in [-0.4, -0.2) is 30.9 Å². The average Bonchev–Trinajstić information content (AvgIpc) is 2.71. The third kappa shape index (κ3) is 6.30. The zero-order chi connectivity index (χ0) is 20.4. The maximum atomic E-state index is 11.9. The maximum Gasteiger partial charge on any atom is 0.276 e. The summed E-state index contributed by atoms with van der Waals surface area (Å²) in [5.41, 5.74) is 5.01. The van der Waals surface area contributed by atoms with E-state index in [0.29, 0.717) is 16.1 Å². The number of benzene rings is 2. The number of carbonyl (C=O) groups is 3. The lowest BCUT2D eigenvalue weighted by atomic mass is 10.2. The van der Waals surface area contributed by atoms with Gasteiger partial charge in [-0.1, -0.05) is 35.9 Å². The van der Waals surface area contributed by atoms with E-state index >= 15 is 0 Å². The molecule has 0 bridgehead atoms. The van der Waals surface area contributed by atoms with Gasteiger partial charge in [0.25, 0.3) is 11.8 Å². The Bertz CT molecular complexity index is 911. The number of para-hydroxylation sites is 1. The molecule has 3 amide bonds. The zero-order valence-corrected chi connectivity index (χ0v) is 15.5. The van der Waals surface area contributed by atoms with Crippen molar-refractivity contribution in [2.24, 2.45) is 0 Å². The van der Waals surface area contributed by atoms with E-state index in [1.54, 1.807) is 48.5 Å². The minimum atomic E-state index is -0.596. The Morgan fingerprint density at radius 1 is 1.00 bits per heavy atom. The molecule has 0 heterocycles. The molecule has 0 aliphatic carbocycles. The highest BCUT2D eigenvalue weighted by Crippen LogP contribution is 2.16. The number of rotatable bonds is 7. The first-order valence-electron chi connectivity index (χ1n) is 8.23. The van der Waals surface area contributed by atoms with E-state index in [4.69, 9.17) is 21.6 Å². The van der Waals surface area contributed by atoms with Crippen molar-refractivity contribution < 1.29 is 19.1 Å². The molecule has 2 rings (SSSR count). The van der Waals surface area contributed by atoms with Crippen LogP contribution in [0.15, 0.2) is 48.5 Å². The second kappa shape index (κ2) is 10.5. The number of nitrogens with zero attached hydrogens (tertiary/aromatic N) is 1. The third-order valence-electron chi connectivity index (χ3n) is 3.46. The van der Waals surface area contributed by atoms with Crippen molar-refractivity contribution in [2.45, 2.75) is 6.42 Å². The fraction of sp³-hybridized carbons (Fsp3) is 0.158. The number of nitrogens with one attached hydrogen (secondary N) is 3. The molecule has 0 atom stereocenters. The quantitative estimate of drug-likeness (QED) is 0.609. The Labute approximate surface area is 166 Å². The van der Waals surface area contributed by atoms with Crippen molar-refractivity contribution in [3.8, 4) is 11.8 Å². The molecule has 0 spiro atoms. The number of hydrogen-bond donors (Lipinski definition) is 3. The van der Waals surface area contributed by atoms with Crippen LogP contribution in [-0.2, 0) is 9.59 Å². The molecule has 0 unspecified atom stereocenters. The lowest BCUT2D eigenvalue weighted by Gasteiger charge is -2.10. The van der Waals surface area contributed by atoms with Crippen molar-refractivity contribution >= 4 is 29.3 Å². The van der Waals surface area contributed by atoms with Crippen LogP contribution in [0.25, 0.3) is 0 Å². The predicted octanol–water partition coefficient (Wildman–Crippen LogP) is 1.56. The maximum absolute atomic E-state index is 11.9. The molecule has 0 saturated carbocycles. The number of amides is 3. The van der Waals surface area contributed by atoms with E-state index in [2.05, 4.69) is 16.2 Å². The minimum absolute atomic E-state index is 0.0470. The summed E-state index contributed by atoms with van der Waals surface area (Å²) >= 11 is 5.92. The molecule has 3 N–H and O–H groups in total. The van der Waals surface area contributed by atoms with Gasteiger partial charge in [0.2, 0.25) is 5.91 Å². The Hall–Kier alpha value is -3.57. The van der Waals surface area contributed by atoms with E-state index < -0.39 is 17.7 Å². The van der Waals surface area contributed by atoms with Gasteiger partial charge in [-0.15, -0.1) is 0 Å². The molecular weight excluding hydrogens is 384 g/mol. The van der Waals surface area contributed by atoms with Gasteiger partial charge in [0.15, 0.2) is 6.61 Å². The molecule has 0 aliphatic heterocycles. The molecule has 2 aromatic carbocycles. The van der Waals surface area contributed by atoms with E-state index in [1.807, 2.05) is 6.07 Å². The second-order valence-corrected chi connectivity index (χ2v) is 5.89. The summed E-state index contributed by atoms with van der Waals surface area (Å²) in [6.07, 6.45) is -0.0470. The van der Waals surface area contributed by atoms with Crippen LogP contribution in [0, 0.1) is 11.3 Å². The predicted molar refractivity (Wildman–Crippen MR) is 101 cm³/mol. The highest BCUT2D eigenvalue weighted by molar-refractivity contribution is 6.33. The summed E-state index contributed by atoms with van der Waals surface area (Å²) in [7, 11) is 0. The van der Waals surface area contributed by atoms with Crippen LogP contribution in [0.5, 0.6) is 5.75 Å². The second-order valence-electron chi connectivity index (χ2n) is 5.48. The highest BCUT2D eigenvalue weighted by Gasteiger charge is 2.11. The van der Waals surface area contributed by atoms with Gasteiger partial charge in [-0.2, -0.15) is 5.26 Å². The van der Waals surface area contributed by atoms with Crippen molar-refractivity contribution in [3.05, 3.63) is 64.7 Å². The van der Waals surface area contributed by atoms with E-state index in [0.717, 1.165) is 0 Å². The van der Waals surface area contributed by atoms with Crippen LogP contribution in [0.3, 0.4) is 0 Å². The van der Waals surface area contributed by atoms with Crippen molar-refractivity contribution in [1.29, 1.82) is 5.26 Å². The molecule has 144 valence electrons. The number of carbonyl (C=O) groups excluding carboxylic acids is 3. The van der Waals surface area contributed by atoms with Crippen LogP contribution in [0.1, 0.15) is 22.3 Å². The summed E-state index contributed by atoms with van der Waals surface area (Å²) in [6, 6.07) is 15.0. The van der Waals surface area contributed by atoms with E-state index in [-0.39, 0.29) is 25.3 Å². The monoisotopic (exact) mass is 400 g/mol. The fourth-order valence-corrected chi connectivity index (χ4v) is 2.32. The minimum Gasteiger partial charge on any atom is -0.482 e. The molecular formula is C19H17ClN4O4. The van der Waals surface area contributed by atoms with E-state index in [9.17, 15) is 14.4 Å². The number of hydrazine groups is 1. The van der Waals surface area contributed by atoms with E-state index in [1.165, 1.54) is 0 Å². The van der Waals surface area contributed by atoms with Gasteiger partial charge in [-0.05, 0) is 24.3 Å². The molecule has 0 aromatic heterocycles. The van der Waals surface area contributed by atoms with Gasteiger partial charge in [-0.3, -0.25) is 25.2 Å². The normalized spacial score (nSPS) is 9.71. The summed E-state index contributed by atoms with van der Waals surface area (Å²) in [5.74, 6) is -1.22. The Morgan fingerprint density at radius 3 is 2.43 bits per heavy atom. The molecule has 0 saturated heterocycles. The average molecular weight is 401 g/mol. The van der Waals surface area contributed by atoms with Crippen LogP contribution in [0.4, 0.5) is 0 Å². The molecule has 28 heavy (non-hydrogen) atoms. The van der Waals surface area contributed by atoms with Crippen LogP contribution < -0.4 is 20.9 Å². The SMILES string of the molecule is N#Cc1ccccc1OCC(=O)NNC(=O)CCNC(=O)c1ccccc1Cl. The van der Waals surface area contributed by atoms with Crippen LogP contribution >= 0.6 is 11.6 Å². The summed E-state index contributed by atoms with van der Waals surface area (Å²) in [4.78, 5) is 35.4. The molecule has 0 aliphatic rings. The Kier molecular flexibility index (Phi) is 7.81. The molecule has 9 heteroatoms. The van der Waals surface area contributed by atoms with Gasteiger partial charge in [-0.25, -0.2) is 0 Å². The number of ether oxygens (including phenoxy) is 1. The third-order valence-corrected chi connectivity index (χ3v) is 3.79. The summed E-state index contributed by atoms with van der Waals surface area (Å²) in [6.45, 7) is -0.306. The summed E-state index contributed by atoms with van der Waals surface area (Å²) < 4.78 is 5.24. The first-order chi connectivity index (χ1) is 13.5. The Morgan fingerprint density at radius 2 is 1.68 bits per heavy atom. The first kappa shape index (κ1) is 20.7. The molecule has 8 nitrogen and oxygen atoms in total. The molecule has 0 radical (unpaired) electrons. The van der Waals surface area contributed by atoms with Gasteiger partial charge >= 0.3 is 0 Å². The standard InChI is InChI=1S/C19H17ClN4O4/c20-15-7-3-2-6-14(15)19(27)22-10-9-17(25)23-24-18(26)12-28-16-8-4-1-5-13(16)11-21/h1-8H,9-10,12H2,(H,22,27)(H,23,25)(H,24,26). The van der Waals surface area contributed by atoms with Gasteiger partial charge in [0, 0.05) is 13.0 Å². The smallest absolute Gasteiger partial charge is 0.276 e.